The van der Waals surface area contributed by atoms with Crippen molar-refractivity contribution in [2.24, 2.45) is 0 Å². The molecule has 1 amide bonds. The van der Waals surface area contributed by atoms with Gasteiger partial charge in [0.15, 0.2) is 9.84 Å². The molecule has 0 saturated carbocycles. The van der Waals surface area contributed by atoms with Gasteiger partial charge in [-0.05, 0) is 67.5 Å². The molecule has 8 heteroatoms. The van der Waals surface area contributed by atoms with E-state index in [4.69, 9.17) is 0 Å². The van der Waals surface area contributed by atoms with E-state index in [1.165, 1.54) is 11.6 Å². The number of amides is 1. The Balaban J connectivity index is 1.81. The molecular formula is C23H26N2O5S. The molecule has 1 aromatic heterocycles. The number of fused-ring (bicyclic) bond motifs is 2. The van der Waals surface area contributed by atoms with Crippen LogP contribution in [0, 0.1) is 0 Å². The number of carboxylic acid groups (broad SMARTS) is 1. The minimum Gasteiger partial charge on any atom is -0.481 e. The quantitative estimate of drug-likeness (QED) is 0.467. The lowest BCUT2D eigenvalue weighted by Crippen LogP contribution is -2.04. The summed E-state index contributed by atoms with van der Waals surface area (Å²) in [7, 11) is -3.41. The third kappa shape index (κ3) is 4.17. The molecule has 0 atom stereocenters. The fourth-order valence-electron chi connectivity index (χ4n) is 4.41. The number of carbonyl (C=O) groups is 2. The van der Waals surface area contributed by atoms with Gasteiger partial charge in [-0.15, -0.1) is 0 Å². The lowest BCUT2D eigenvalue weighted by atomic mass is 9.98. The smallest absolute Gasteiger partial charge is 0.303 e. The molecule has 2 heterocycles. The summed E-state index contributed by atoms with van der Waals surface area (Å²) in [5.74, 6) is -1.18. The van der Waals surface area contributed by atoms with Gasteiger partial charge in [0.2, 0.25) is 0 Å². The van der Waals surface area contributed by atoms with E-state index in [9.17, 15) is 23.1 Å². The van der Waals surface area contributed by atoms with Crippen LogP contribution in [-0.4, -0.2) is 36.1 Å². The fourth-order valence-corrected chi connectivity index (χ4v) is 5.32. The number of benzene rings is 1. The van der Waals surface area contributed by atoms with Crippen LogP contribution in [0.5, 0.6) is 0 Å². The molecule has 2 aliphatic rings. The Morgan fingerprint density at radius 1 is 1.19 bits per heavy atom. The van der Waals surface area contributed by atoms with Crippen molar-refractivity contribution >= 4 is 39.1 Å². The second-order valence-electron chi connectivity index (χ2n) is 8.05. The van der Waals surface area contributed by atoms with E-state index < -0.39 is 15.8 Å². The lowest BCUT2D eigenvalue weighted by molar-refractivity contribution is -0.137. The van der Waals surface area contributed by atoms with Gasteiger partial charge < -0.3 is 15.4 Å². The van der Waals surface area contributed by atoms with Crippen molar-refractivity contribution in [3.05, 3.63) is 46.3 Å². The number of nitrogens with one attached hydrogen (secondary N) is 2. The Bertz CT molecular complexity index is 1190. The number of anilines is 1. The van der Waals surface area contributed by atoms with E-state index in [0.717, 1.165) is 49.1 Å². The minimum absolute atomic E-state index is 0.0160. The third-order valence-corrected chi connectivity index (χ3v) is 7.82. The Morgan fingerprint density at radius 2 is 1.97 bits per heavy atom. The number of hydrogen-bond acceptors (Lipinski definition) is 4. The van der Waals surface area contributed by atoms with E-state index in [0.29, 0.717) is 23.2 Å². The molecule has 164 valence electrons. The average molecular weight is 443 g/mol. The van der Waals surface area contributed by atoms with Crippen molar-refractivity contribution in [2.45, 2.75) is 56.8 Å². The van der Waals surface area contributed by atoms with Gasteiger partial charge in [-0.25, -0.2) is 8.42 Å². The number of sulfone groups is 1. The number of aliphatic carboxylic acids is 1. The maximum atomic E-state index is 12.7. The molecule has 31 heavy (non-hydrogen) atoms. The molecule has 1 aliphatic carbocycles. The van der Waals surface area contributed by atoms with E-state index in [1.807, 2.05) is 0 Å². The second kappa shape index (κ2) is 8.34. The number of hydrogen-bond donors (Lipinski definition) is 3. The average Bonchev–Trinajstić information content (AvgIpc) is 3.11. The zero-order valence-electron chi connectivity index (χ0n) is 17.5. The lowest BCUT2D eigenvalue weighted by Gasteiger charge is -2.06. The summed E-state index contributed by atoms with van der Waals surface area (Å²) < 4.78 is 24.7. The highest BCUT2D eigenvalue weighted by atomic mass is 32.2. The zero-order chi connectivity index (χ0) is 22.2. The van der Waals surface area contributed by atoms with Crippen LogP contribution < -0.4 is 5.32 Å². The first-order valence-electron chi connectivity index (χ1n) is 10.6. The van der Waals surface area contributed by atoms with Crippen molar-refractivity contribution in [1.82, 2.24) is 4.98 Å². The van der Waals surface area contributed by atoms with Gasteiger partial charge in [0.1, 0.15) is 0 Å². The maximum Gasteiger partial charge on any atom is 0.303 e. The van der Waals surface area contributed by atoms with Crippen LogP contribution in [0.1, 0.15) is 60.7 Å². The van der Waals surface area contributed by atoms with Gasteiger partial charge in [0, 0.05) is 29.1 Å². The number of carboxylic acids is 1. The summed E-state index contributed by atoms with van der Waals surface area (Å²) in [6.45, 7) is 1.59. The Hall–Kier alpha value is -2.87. The van der Waals surface area contributed by atoms with Crippen LogP contribution in [0.4, 0.5) is 5.69 Å². The predicted octanol–water partition coefficient (Wildman–Crippen LogP) is 3.59. The third-order valence-electron chi connectivity index (χ3n) is 6.08. The number of H-pyrrole nitrogens is 1. The maximum absolute atomic E-state index is 12.7. The van der Waals surface area contributed by atoms with E-state index in [-0.39, 0.29) is 23.0 Å². The molecule has 1 aromatic carbocycles. The van der Waals surface area contributed by atoms with Crippen LogP contribution in [0.15, 0.2) is 23.1 Å². The number of rotatable bonds is 6. The van der Waals surface area contributed by atoms with Crippen LogP contribution >= 0.6 is 0 Å². The summed E-state index contributed by atoms with van der Waals surface area (Å²) in [5.41, 5.74) is 5.49. The van der Waals surface area contributed by atoms with Gasteiger partial charge in [-0.3, -0.25) is 9.59 Å². The molecule has 0 radical (unpaired) electrons. The van der Waals surface area contributed by atoms with E-state index >= 15 is 0 Å². The van der Waals surface area contributed by atoms with Gasteiger partial charge in [-0.2, -0.15) is 0 Å². The SMILES string of the molecule is CCS(=O)(=O)c1ccc2c(c1)/C(=C/c1[nH]c3c(c1CCC(=O)O)CCCCC3)C(=O)N2. The summed E-state index contributed by atoms with van der Waals surface area (Å²) in [5, 5.41) is 12.0. The largest absolute Gasteiger partial charge is 0.481 e. The first-order valence-corrected chi connectivity index (χ1v) is 12.3. The summed E-state index contributed by atoms with van der Waals surface area (Å²) >= 11 is 0. The molecule has 3 N–H and O–H groups in total. The molecule has 0 bridgehead atoms. The normalized spacial score (nSPS) is 17.2. The fraction of sp³-hybridized carbons (Fsp3) is 0.391. The first kappa shape index (κ1) is 21.4. The summed E-state index contributed by atoms with van der Waals surface area (Å²) in [6, 6.07) is 4.67. The van der Waals surface area contributed by atoms with Crippen LogP contribution in [0.3, 0.4) is 0 Å². The van der Waals surface area contributed by atoms with Gasteiger partial charge in [-0.1, -0.05) is 13.3 Å². The molecule has 0 saturated heterocycles. The monoisotopic (exact) mass is 442 g/mol. The van der Waals surface area contributed by atoms with Crippen LogP contribution in [0.25, 0.3) is 11.6 Å². The van der Waals surface area contributed by atoms with E-state index in [2.05, 4.69) is 10.3 Å². The van der Waals surface area contributed by atoms with Crippen molar-refractivity contribution in [3.8, 4) is 0 Å². The molecular weight excluding hydrogens is 416 g/mol. The van der Waals surface area contributed by atoms with Crippen LogP contribution in [-0.2, 0) is 38.7 Å². The highest BCUT2D eigenvalue weighted by molar-refractivity contribution is 7.91. The topological polar surface area (TPSA) is 116 Å². The van der Waals surface area contributed by atoms with Crippen molar-refractivity contribution < 1.29 is 23.1 Å². The van der Waals surface area contributed by atoms with Gasteiger partial charge in [0.05, 0.1) is 16.2 Å². The molecule has 0 spiro atoms. The molecule has 2 aromatic rings. The van der Waals surface area contributed by atoms with Crippen molar-refractivity contribution in [3.63, 3.8) is 0 Å². The standard InChI is InChI=1S/C23H26N2O5S/c1-2-31(29,30)14-8-10-20-17(12-14)18(23(28)25-20)13-21-16(9-11-22(26)27)15-6-4-3-5-7-19(15)24-21/h8,10,12-13,24H,2-7,9,11H2,1H3,(H,25,28)(H,26,27)/b18-13-. The number of aromatic amines is 1. The number of aromatic nitrogens is 1. The van der Waals surface area contributed by atoms with Gasteiger partial charge >= 0.3 is 5.97 Å². The molecule has 0 fully saturated rings. The second-order valence-corrected chi connectivity index (χ2v) is 10.3. The van der Waals surface area contributed by atoms with Crippen molar-refractivity contribution in [2.75, 3.05) is 11.1 Å². The Morgan fingerprint density at radius 3 is 2.71 bits per heavy atom. The first-order chi connectivity index (χ1) is 14.8. The highest BCUT2D eigenvalue weighted by Gasteiger charge is 2.28. The molecule has 0 unspecified atom stereocenters. The summed E-state index contributed by atoms with van der Waals surface area (Å²) in [6.07, 6.45) is 7.22. The van der Waals surface area contributed by atoms with Gasteiger partial charge in [0.25, 0.3) is 5.91 Å². The predicted molar refractivity (Wildman–Crippen MR) is 119 cm³/mol. The Labute approximate surface area is 181 Å². The minimum atomic E-state index is -3.41. The molecule has 1 aliphatic heterocycles. The summed E-state index contributed by atoms with van der Waals surface area (Å²) in [4.78, 5) is 27.5. The molecule has 7 nitrogen and oxygen atoms in total. The van der Waals surface area contributed by atoms with Crippen molar-refractivity contribution in [1.29, 1.82) is 0 Å². The van der Waals surface area contributed by atoms with E-state index in [1.54, 1.807) is 25.1 Å². The number of carbonyl (C=O) groups excluding carboxylic acids is 1. The zero-order valence-corrected chi connectivity index (χ0v) is 18.3. The highest BCUT2D eigenvalue weighted by Crippen LogP contribution is 2.36. The molecule has 4 rings (SSSR count). The van der Waals surface area contributed by atoms with Crippen LogP contribution in [0.2, 0.25) is 0 Å². The Kier molecular flexibility index (Phi) is 5.75. The number of aryl methyl sites for hydroxylation is 1.